The zero-order chi connectivity index (χ0) is 19.3. The van der Waals surface area contributed by atoms with Crippen LogP contribution in [0, 0.1) is 0 Å². The smallest absolute Gasteiger partial charge is 0.173 e. The van der Waals surface area contributed by atoms with E-state index in [0.29, 0.717) is 12.6 Å². The van der Waals surface area contributed by atoms with Crippen LogP contribution in [0.2, 0.25) is 0 Å². The summed E-state index contributed by atoms with van der Waals surface area (Å²) in [5.41, 5.74) is 1.24. The van der Waals surface area contributed by atoms with Crippen molar-refractivity contribution in [2.24, 2.45) is 0 Å². The van der Waals surface area contributed by atoms with E-state index in [0.717, 1.165) is 37.8 Å². The van der Waals surface area contributed by atoms with Gasteiger partial charge in [0.2, 0.25) is 0 Å². The maximum absolute atomic E-state index is 5.64. The number of piperazine rings is 1. The highest BCUT2D eigenvalue weighted by molar-refractivity contribution is 5.85. The van der Waals surface area contributed by atoms with Crippen LogP contribution in [0.5, 0.6) is 5.75 Å². The predicted octanol–water partition coefficient (Wildman–Crippen LogP) is 3.34. The van der Waals surface area contributed by atoms with Gasteiger partial charge < -0.3 is 9.64 Å². The maximum atomic E-state index is 5.64. The first-order chi connectivity index (χ1) is 13.8. The molecule has 1 unspecified atom stereocenters. The molecule has 0 amide bonds. The number of benzene rings is 1. The highest BCUT2D eigenvalue weighted by atomic mass is 35.5. The Morgan fingerprint density at radius 2 is 1.72 bits per heavy atom. The molecule has 160 valence electrons. The summed E-state index contributed by atoms with van der Waals surface area (Å²) < 4.78 is 7.77. The number of halogens is 1. The molecule has 1 atom stereocenters. The van der Waals surface area contributed by atoms with E-state index in [1.54, 1.807) is 0 Å². The Hall–Kier alpha value is -1.70. The van der Waals surface area contributed by atoms with Crippen LogP contribution in [0.25, 0.3) is 0 Å². The first-order valence-corrected chi connectivity index (χ1v) is 10.7. The van der Waals surface area contributed by atoms with E-state index >= 15 is 0 Å². The van der Waals surface area contributed by atoms with Crippen molar-refractivity contribution < 1.29 is 4.74 Å². The minimum absolute atomic E-state index is 0. The molecule has 2 aliphatic rings. The number of likely N-dealkylation sites (N-methyl/N-ethyl adjacent to an activating group) is 1. The summed E-state index contributed by atoms with van der Waals surface area (Å²) in [6.45, 7) is 6.87. The summed E-state index contributed by atoms with van der Waals surface area (Å²) in [5.74, 6) is 1.90. The molecule has 1 aliphatic carbocycles. The second kappa shape index (κ2) is 10.4. The van der Waals surface area contributed by atoms with Crippen molar-refractivity contribution in [3.8, 4) is 5.75 Å². The largest absolute Gasteiger partial charge is 0.494 e. The van der Waals surface area contributed by atoms with Crippen LogP contribution in [0.3, 0.4) is 0 Å². The molecule has 0 spiro atoms. The topological polar surface area (TPSA) is 59.3 Å². The average molecular weight is 421 g/mol. The summed E-state index contributed by atoms with van der Waals surface area (Å²) in [6.07, 6.45) is 6.22. The molecule has 1 saturated heterocycles. The molecule has 8 heteroatoms. The van der Waals surface area contributed by atoms with Gasteiger partial charge >= 0.3 is 0 Å². The minimum atomic E-state index is 0. The van der Waals surface area contributed by atoms with E-state index in [4.69, 9.17) is 4.74 Å². The van der Waals surface area contributed by atoms with Crippen molar-refractivity contribution in [2.75, 3.05) is 39.8 Å². The number of tetrazole rings is 1. The van der Waals surface area contributed by atoms with Gasteiger partial charge in [0.15, 0.2) is 5.82 Å². The lowest BCUT2D eigenvalue weighted by Crippen LogP contribution is -2.46. The molecule has 0 N–H and O–H groups in total. The van der Waals surface area contributed by atoms with Crippen molar-refractivity contribution in [1.82, 2.24) is 30.0 Å². The molecule has 0 radical (unpaired) electrons. The summed E-state index contributed by atoms with van der Waals surface area (Å²) in [7, 11) is 2.19. The third kappa shape index (κ3) is 5.08. The first kappa shape index (κ1) is 22.0. The minimum Gasteiger partial charge on any atom is -0.494 e. The van der Waals surface area contributed by atoms with Gasteiger partial charge in [-0.2, -0.15) is 0 Å². The lowest BCUT2D eigenvalue weighted by molar-refractivity contribution is 0.119. The Morgan fingerprint density at radius 1 is 1.03 bits per heavy atom. The van der Waals surface area contributed by atoms with Crippen molar-refractivity contribution in [2.45, 2.75) is 51.1 Å². The SMILES string of the molecule is CCOc1ccc(C(c2nnnn2C2CCCCC2)N2CCN(C)CC2)cc1.Cl. The number of nitrogens with zero attached hydrogens (tertiary/aromatic N) is 6. The molecule has 7 nitrogen and oxygen atoms in total. The molecule has 1 aromatic heterocycles. The van der Waals surface area contributed by atoms with Crippen molar-refractivity contribution in [1.29, 1.82) is 0 Å². The summed E-state index contributed by atoms with van der Waals surface area (Å²) in [6, 6.07) is 8.99. The number of hydrogen-bond acceptors (Lipinski definition) is 6. The molecule has 0 bridgehead atoms. The van der Waals surface area contributed by atoms with Crippen LogP contribution >= 0.6 is 12.4 Å². The van der Waals surface area contributed by atoms with Crippen LogP contribution in [0.15, 0.2) is 24.3 Å². The molecule has 2 fully saturated rings. The molecular formula is C21H33ClN6O. The van der Waals surface area contributed by atoms with Crippen LogP contribution in [0.4, 0.5) is 0 Å². The summed E-state index contributed by atoms with van der Waals surface area (Å²) in [4.78, 5) is 4.91. The fraction of sp³-hybridized carbons (Fsp3) is 0.667. The zero-order valence-electron chi connectivity index (χ0n) is 17.5. The third-order valence-electron chi connectivity index (χ3n) is 6.09. The number of rotatable bonds is 6. The molecular weight excluding hydrogens is 388 g/mol. The monoisotopic (exact) mass is 420 g/mol. The lowest BCUT2D eigenvalue weighted by atomic mass is 9.95. The van der Waals surface area contributed by atoms with Gasteiger partial charge in [-0.05, 0) is 54.9 Å². The molecule has 29 heavy (non-hydrogen) atoms. The highest BCUT2D eigenvalue weighted by Crippen LogP contribution is 2.34. The van der Waals surface area contributed by atoms with Crippen LogP contribution in [-0.4, -0.2) is 69.8 Å². The van der Waals surface area contributed by atoms with Gasteiger partial charge in [-0.3, -0.25) is 4.90 Å². The van der Waals surface area contributed by atoms with Gasteiger partial charge in [0.25, 0.3) is 0 Å². The fourth-order valence-electron chi connectivity index (χ4n) is 4.48. The third-order valence-corrected chi connectivity index (χ3v) is 6.09. The molecule has 1 aliphatic heterocycles. The Balaban J connectivity index is 0.00000240. The Kier molecular flexibility index (Phi) is 7.86. The maximum Gasteiger partial charge on any atom is 0.173 e. The Bertz CT molecular complexity index is 738. The average Bonchev–Trinajstić information content (AvgIpc) is 3.21. The van der Waals surface area contributed by atoms with Gasteiger partial charge in [0.1, 0.15) is 5.75 Å². The summed E-state index contributed by atoms with van der Waals surface area (Å²) in [5, 5.41) is 13.1. The van der Waals surface area contributed by atoms with E-state index in [-0.39, 0.29) is 18.4 Å². The van der Waals surface area contributed by atoms with Gasteiger partial charge in [-0.15, -0.1) is 17.5 Å². The summed E-state index contributed by atoms with van der Waals surface area (Å²) >= 11 is 0. The highest BCUT2D eigenvalue weighted by Gasteiger charge is 2.32. The molecule has 1 aromatic carbocycles. The van der Waals surface area contributed by atoms with Gasteiger partial charge in [-0.1, -0.05) is 31.4 Å². The quantitative estimate of drug-likeness (QED) is 0.714. The van der Waals surface area contributed by atoms with Crippen LogP contribution in [0.1, 0.15) is 62.5 Å². The molecule has 2 heterocycles. The molecule has 1 saturated carbocycles. The lowest BCUT2D eigenvalue weighted by Gasteiger charge is -2.38. The Labute approximate surface area is 179 Å². The molecule has 2 aromatic rings. The number of ether oxygens (including phenoxy) is 1. The Morgan fingerprint density at radius 3 is 2.38 bits per heavy atom. The van der Waals surface area contributed by atoms with Gasteiger partial charge in [0.05, 0.1) is 18.7 Å². The number of hydrogen-bond donors (Lipinski definition) is 0. The van der Waals surface area contributed by atoms with Crippen molar-refractivity contribution >= 4 is 12.4 Å². The standard InChI is InChI=1S/C21H32N6O.ClH/c1-3-28-19-11-9-17(10-12-19)20(26-15-13-25(2)14-16-26)21-22-23-24-27(21)18-7-5-4-6-8-18;/h9-12,18,20H,3-8,13-16H2,1-2H3;1H. The van der Waals surface area contributed by atoms with E-state index < -0.39 is 0 Å². The second-order valence-electron chi connectivity index (χ2n) is 8.02. The van der Waals surface area contributed by atoms with Gasteiger partial charge in [0, 0.05) is 26.2 Å². The van der Waals surface area contributed by atoms with E-state index in [2.05, 4.69) is 61.3 Å². The van der Waals surface area contributed by atoms with E-state index in [1.807, 2.05) is 6.92 Å². The normalized spacial score (nSPS) is 20.2. The predicted molar refractivity (Wildman–Crippen MR) is 116 cm³/mol. The molecule has 4 rings (SSSR count). The van der Waals surface area contributed by atoms with E-state index in [9.17, 15) is 0 Å². The van der Waals surface area contributed by atoms with Gasteiger partial charge in [-0.25, -0.2) is 4.68 Å². The number of aromatic nitrogens is 4. The van der Waals surface area contributed by atoms with Crippen LogP contribution < -0.4 is 4.74 Å². The van der Waals surface area contributed by atoms with E-state index in [1.165, 1.54) is 37.7 Å². The fourth-order valence-corrected chi connectivity index (χ4v) is 4.48. The second-order valence-corrected chi connectivity index (χ2v) is 8.02. The van der Waals surface area contributed by atoms with Crippen molar-refractivity contribution in [3.05, 3.63) is 35.7 Å². The first-order valence-electron chi connectivity index (χ1n) is 10.7. The van der Waals surface area contributed by atoms with Crippen LogP contribution in [-0.2, 0) is 0 Å². The van der Waals surface area contributed by atoms with Crippen molar-refractivity contribution in [3.63, 3.8) is 0 Å². The zero-order valence-corrected chi connectivity index (χ0v) is 18.4.